The van der Waals surface area contributed by atoms with Crippen molar-refractivity contribution in [2.24, 2.45) is 0 Å². The van der Waals surface area contributed by atoms with Crippen molar-refractivity contribution in [1.29, 1.82) is 0 Å². The largest absolute Gasteiger partial charge is 0.495 e. The average Bonchev–Trinajstić information content (AvgIpc) is 3.54. The Labute approximate surface area is 249 Å². The first-order valence-corrected chi connectivity index (χ1v) is 13.3. The van der Waals surface area contributed by atoms with E-state index in [0.717, 1.165) is 11.1 Å². The minimum absolute atomic E-state index is 0.125. The number of halogens is 3. The number of fused-ring (bicyclic) bond motifs is 1. The number of aryl methyl sites for hydroxylation is 1. The number of nitrogens with one attached hydrogen (secondary N) is 2. The van der Waals surface area contributed by atoms with E-state index in [1.807, 2.05) is 19.1 Å². The Balaban J connectivity index is 1.24. The summed E-state index contributed by atoms with van der Waals surface area (Å²) in [4.78, 5) is 14.0. The molecule has 0 spiro atoms. The second-order valence-corrected chi connectivity index (χ2v) is 10.3. The number of amides is 1. The van der Waals surface area contributed by atoms with Crippen LogP contribution in [-0.4, -0.2) is 33.1 Å². The molecule has 0 fully saturated rings. The van der Waals surface area contributed by atoms with Gasteiger partial charge in [0.25, 0.3) is 0 Å². The first-order valence-electron chi connectivity index (χ1n) is 11.8. The van der Waals surface area contributed by atoms with Crippen LogP contribution in [0.4, 0.5) is 5.69 Å². The van der Waals surface area contributed by atoms with Gasteiger partial charge in [0.2, 0.25) is 5.91 Å². The summed E-state index contributed by atoms with van der Waals surface area (Å²) < 4.78 is 11.0. The number of benzene rings is 3. The second-order valence-electron chi connectivity index (χ2n) is 8.60. The Morgan fingerprint density at radius 1 is 1.00 bits per heavy atom. The maximum absolute atomic E-state index is 12.5. The van der Waals surface area contributed by atoms with Crippen LogP contribution in [0.5, 0.6) is 5.75 Å². The minimum Gasteiger partial charge on any atom is -0.495 e. The molecule has 0 unspecified atom stereocenters. The molecule has 202 valence electrons. The van der Waals surface area contributed by atoms with Crippen molar-refractivity contribution >= 4 is 80.8 Å². The first-order chi connectivity index (χ1) is 19.2. The Bertz CT molecular complexity index is 1780. The number of aromatic nitrogens is 3. The van der Waals surface area contributed by atoms with E-state index >= 15 is 0 Å². The highest BCUT2D eigenvalue weighted by Gasteiger charge is 2.12. The zero-order chi connectivity index (χ0) is 28.4. The van der Waals surface area contributed by atoms with E-state index < -0.39 is 5.91 Å². The molecule has 12 heteroatoms. The van der Waals surface area contributed by atoms with Crippen LogP contribution in [0.2, 0.25) is 15.1 Å². The van der Waals surface area contributed by atoms with Crippen molar-refractivity contribution in [3.05, 3.63) is 93.1 Å². The fourth-order valence-electron chi connectivity index (χ4n) is 3.86. The van der Waals surface area contributed by atoms with Gasteiger partial charge in [-0.3, -0.25) is 10.1 Å². The summed E-state index contributed by atoms with van der Waals surface area (Å²) in [5.74, 6) is 1.18. The van der Waals surface area contributed by atoms with Crippen molar-refractivity contribution in [3.8, 4) is 22.8 Å². The van der Waals surface area contributed by atoms with Gasteiger partial charge in [-0.1, -0.05) is 34.8 Å². The molecule has 0 bridgehead atoms. The molecule has 2 heterocycles. The summed E-state index contributed by atoms with van der Waals surface area (Å²) in [6.07, 6.45) is 2.86. The Morgan fingerprint density at radius 2 is 1.73 bits per heavy atom. The summed E-state index contributed by atoms with van der Waals surface area (Å²) >= 11 is 23.7. The summed E-state index contributed by atoms with van der Waals surface area (Å²) in [5, 5.41) is 16.3. The number of rotatable bonds is 6. The summed E-state index contributed by atoms with van der Waals surface area (Å²) in [6.45, 7) is 1.90. The standard InChI is InChI=1S/C28H20Cl3N5O3S/c1-15-9-23-24(35-36(34-23)19-3-6-26(38-2)21(31)13-19)14-22(15)32-28(40)33-27(37)8-5-20-4-7-25(39-20)16-10-17(29)12-18(30)11-16/h3-14H,1-2H3,(H2,32,33,37,40)/b8-5+. The highest BCUT2D eigenvalue weighted by atomic mass is 35.5. The topological polar surface area (TPSA) is 94.2 Å². The second kappa shape index (κ2) is 11.7. The lowest BCUT2D eigenvalue weighted by atomic mass is 10.2. The molecule has 2 N–H and O–H groups in total. The molecule has 0 aliphatic rings. The van der Waals surface area contributed by atoms with Crippen LogP contribution in [0.3, 0.4) is 0 Å². The Hall–Kier alpha value is -3.89. The van der Waals surface area contributed by atoms with Crippen LogP contribution in [0.25, 0.3) is 34.1 Å². The zero-order valence-electron chi connectivity index (χ0n) is 21.0. The van der Waals surface area contributed by atoms with Gasteiger partial charge in [0.05, 0.1) is 17.8 Å². The molecule has 3 aromatic carbocycles. The number of methoxy groups -OCH3 is 1. The lowest BCUT2D eigenvalue weighted by Crippen LogP contribution is -2.33. The third kappa shape index (κ3) is 6.29. The number of hydrogen-bond donors (Lipinski definition) is 2. The molecular formula is C28H20Cl3N5O3S. The van der Waals surface area contributed by atoms with E-state index in [4.69, 9.17) is 56.2 Å². The number of nitrogens with zero attached hydrogens (tertiary/aromatic N) is 3. The normalized spacial score (nSPS) is 11.2. The molecule has 5 aromatic rings. The molecular weight excluding hydrogens is 593 g/mol. The predicted molar refractivity (Wildman–Crippen MR) is 163 cm³/mol. The van der Waals surface area contributed by atoms with E-state index in [0.29, 0.717) is 54.7 Å². The van der Waals surface area contributed by atoms with Gasteiger partial charge < -0.3 is 14.5 Å². The van der Waals surface area contributed by atoms with E-state index in [1.165, 1.54) is 16.9 Å². The number of anilines is 1. The molecule has 0 aliphatic carbocycles. The molecule has 1 amide bonds. The Kier molecular flexibility index (Phi) is 8.09. The molecule has 8 nitrogen and oxygen atoms in total. The van der Waals surface area contributed by atoms with Crippen LogP contribution < -0.4 is 15.4 Å². The van der Waals surface area contributed by atoms with Gasteiger partial charge in [0, 0.05) is 27.4 Å². The van der Waals surface area contributed by atoms with Gasteiger partial charge in [0.15, 0.2) is 5.11 Å². The maximum Gasteiger partial charge on any atom is 0.250 e. The number of carbonyl (C=O) groups is 1. The average molecular weight is 613 g/mol. The van der Waals surface area contributed by atoms with E-state index in [-0.39, 0.29) is 5.11 Å². The van der Waals surface area contributed by atoms with Crippen LogP contribution in [0, 0.1) is 6.92 Å². The molecule has 0 aliphatic heterocycles. The fraction of sp³-hybridized carbons (Fsp3) is 0.0714. The third-order valence-corrected chi connectivity index (χ3v) is 6.69. The highest BCUT2D eigenvalue weighted by molar-refractivity contribution is 7.80. The summed E-state index contributed by atoms with van der Waals surface area (Å²) in [5.41, 5.74) is 4.27. The molecule has 0 saturated heterocycles. The van der Waals surface area contributed by atoms with Crippen molar-refractivity contribution in [2.45, 2.75) is 6.92 Å². The van der Waals surface area contributed by atoms with Gasteiger partial charge in [-0.15, -0.1) is 10.2 Å². The number of thiocarbonyl (C=S) groups is 1. The lowest BCUT2D eigenvalue weighted by Gasteiger charge is -2.10. The summed E-state index contributed by atoms with van der Waals surface area (Å²) in [6, 6.07) is 17.6. The van der Waals surface area contributed by atoms with E-state index in [2.05, 4.69) is 20.8 Å². The summed E-state index contributed by atoms with van der Waals surface area (Å²) in [7, 11) is 1.55. The van der Waals surface area contributed by atoms with Crippen molar-refractivity contribution < 1.29 is 13.9 Å². The van der Waals surface area contributed by atoms with E-state index in [1.54, 1.807) is 55.6 Å². The van der Waals surface area contributed by atoms with Crippen LogP contribution >= 0.6 is 47.0 Å². The van der Waals surface area contributed by atoms with Crippen LogP contribution in [0.1, 0.15) is 11.3 Å². The first kappa shape index (κ1) is 27.7. The Morgan fingerprint density at radius 3 is 2.42 bits per heavy atom. The number of furan rings is 1. The van der Waals surface area contributed by atoms with Crippen molar-refractivity contribution in [1.82, 2.24) is 20.3 Å². The quantitative estimate of drug-likeness (QED) is 0.152. The number of hydrogen-bond acceptors (Lipinski definition) is 6. The number of carbonyl (C=O) groups excluding carboxylic acids is 1. The monoisotopic (exact) mass is 611 g/mol. The molecule has 2 aromatic heterocycles. The van der Waals surface area contributed by atoms with Crippen molar-refractivity contribution in [3.63, 3.8) is 0 Å². The third-order valence-electron chi connectivity index (χ3n) is 5.75. The van der Waals surface area contributed by atoms with Crippen molar-refractivity contribution in [2.75, 3.05) is 12.4 Å². The molecule has 40 heavy (non-hydrogen) atoms. The number of ether oxygens (including phenoxy) is 1. The maximum atomic E-state index is 12.5. The lowest BCUT2D eigenvalue weighted by molar-refractivity contribution is -0.115. The fourth-order valence-corrected chi connectivity index (χ4v) is 4.84. The highest BCUT2D eigenvalue weighted by Crippen LogP contribution is 2.29. The van der Waals surface area contributed by atoms with Gasteiger partial charge in [-0.05, 0) is 91.4 Å². The van der Waals surface area contributed by atoms with Gasteiger partial charge in [-0.25, -0.2) is 0 Å². The van der Waals surface area contributed by atoms with Crippen LogP contribution in [-0.2, 0) is 4.79 Å². The SMILES string of the molecule is COc1ccc(-n2nc3cc(C)c(NC(=S)NC(=O)/C=C/c4ccc(-c5cc(Cl)cc(Cl)c5)o4)cc3n2)cc1Cl. The molecule has 0 radical (unpaired) electrons. The molecule has 0 saturated carbocycles. The molecule has 5 rings (SSSR count). The van der Waals surface area contributed by atoms with Gasteiger partial charge in [0.1, 0.15) is 28.3 Å². The minimum atomic E-state index is -0.428. The molecule has 0 atom stereocenters. The van der Waals surface area contributed by atoms with E-state index in [9.17, 15) is 4.79 Å². The van der Waals surface area contributed by atoms with Gasteiger partial charge >= 0.3 is 0 Å². The smallest absolute Gasteiger partial charge is 0.250 e. The van der Waals surface area contributed by atoms with Crippen LogP contribution in [0.15, 0.2) is 71.2 Å². The van der Waals surface area contributed by atoms with Gasteiger partial charge in [-0.2, -0.15) is 4.80 Å². The zero-order valence-corrected chi connectivity index (χ0v) is 24.1. The predicted octanol–water partition coefficient (Wildman–Crippen LogP) is 7.48.